The van der Waals surface area contributed by atoms with E-state index in [1.165, 1.54) is 0 Å². The molecule has 0 saturated carbocycles. The van der Waals surface area contributed by atoms with Crippen molar-refractivity contribution in [2.75, 3.05) is 27.9 Å². The van der Waals surface area contributed by atoms with Gasteiger partial charge in [-0.25, -0.2) is 0 Å². The van der Waals surface area contributed by atoms with Crippen LogP contribution in [-0.2, 0) is 4.74 Å². The number of aliphatic hydroxyl groups excluding tert-OH is 1. The summed E-state index contributed by atoms with van der Waals surface area (Å²) in [6.07, 6.45) is 2.89. The molecule has 5 heteroatoms. The maximum Gasteiger partial charge on any atom is 0.164 e. The molecule has 2 aromatic carbocycles. The highest BCUT2D eigenvalue weighted by atomic mass is 16.5. The first kappa shape index (κ1) is 18.3. The molecule has 3 atom stereocenters. The Bertz CT molecular complexity index is 756. The maximum absolute atomic E-state index is 10.5. The molecule has 0 unspecified atom stereocenters. The molecule has 138 valence electrons. The lowest BCUT2D eigenvalue weighted by atomic mass is 9.91. The van der Waals surface area contributed by atoms with Gasteiger partial charge in [0, 0.05) is 24.7 Å². The molecule has 0 amide bonds. The van der Waals surface area contributed by atoms with Gasteiger partial charge in [0.25, 0.3) is 0 Å². The van der Waals surface area contributed by atoms with Crippen LogP contribution in [0.2, 0.25) is 0 Å². The van der Waals surface area contributed by atoms with Gasteiger partial charge in [-0.15, -0.1) is 0 Å². The van der Waals surface area contributed by atoms with Gasteiger partial charge in [-0.05, 0) is 11.6 Å². The van der Waals surface area contributed by atoms with Crippen molar-refractivity contribution >= 4 is 6.08 Å². The summed E-state index contributed by atoms with van der Waals surface area (Å²) in [7, 11) is 4.75. The third-order valence-corrected chi connectivity index (χ3v) is 4.50. The van der Waals surface area contributed by atoms with Gasteiger partial charge < -0.3 is 24.1 Å². The molecule has 0 spiro atoms. The average molecular weight is 356 g/mol. The highest BCUT2D eigenvalue weighted by molar-refractivity contribution is 5.58. The minimum atomic E-state index is -0.755. The lowest BCUT2D eigenvalue weighted by Crippen LogP contribution is -2.36. The minimum Gasteiger partial charge on any atom is -0.493 e. The highest BCUT2D eigenvalue weighted by Gasteiger charge is 2.38. The molecule has 0 radical (unpaired) electrons. The van der Waals surface area contributed by atoms with Crippen LogP contribution in [0.4, 0.5) is 0 Å². The molecule has 1 N–H and O–H groups in total. The zero-order chi connectivity index (χ0) is 18.5. The molecule has 5 nitrogen and oxygen atoms in total. The Kier molecular flexibility index (Phi) is 5.81. The molecule has 0 aromatic heterocycles. The molecule has 1 aliphatic rings. The van der Waals surface area contributed by atoms with Crippen LogP contribution in [0.5, 0.6) is 17.2 Å². The average Bonchev–Trinajstić information content (AvgIpc) is 3.03. The molecule has 0 saturated heterocycles. The number of hydrogen-bond donors (Lipinski definition) is 1. The van der Waals surface area contributed by atoms with Crippen molar-refractivity contribution < 1.29 is 24.1 Å². The predicted molar refractivity (Wildman–Crippen MR) is 100 cm³/mol. The van der Waals surface area contributed by atoms with E-state index in [0.717, 1.165) is 11.1 Å². The molecule has 0 fully saturated rings. The molecule has 1 heterocycles. The molecule has 2 aromatic rings. The number of aliphatic hydroxyl groups is 1. The van der Waals surface area contributed by atoms with Crippen molar-refractivity contribution in [1.82, 2.24) is 0 Å². The molecular weight excluding hydrogens is 332 g/mol. The van der Waals surface area contributed by atoms with E-state index in [1.54, 1.807) is 27.4 Å². The Morgan fingerprint density at radius 3 is 2.42 bits per heavy atom. The van der Waals surface area contributed by atoms with Crippen molar-refractivity contribution in [3.05, 3.63) is 59.7 Å². The third kappa shape index (κ3) is 3.69. The molecule has 0 bridgehead atoms. The smallest absolute Gasteiger partial charge is 0.164 e. The fourth-order valence-electron chi connectivity index (χ4n) is 3.21. The third-order valence-electron chi connectivity index (χ3n) is 4.50. The second kappa shape index (κ2) is 8.25. The van der Waals surface area contributed by atoms with E-state index in [9.17, 15) is 5.11 Å². The summed E-state index contributed by atoms with van der Waals surface area (Å²) in [5, 5.41) is 10.5. The fraction of sp³-hybridized carbons (Fsp3) is 0.333. The first-order valence-corrected chi connectivity index (χ1v) is 8.50. The Labute approximate surface area is 153 Å². The number of hydrogen-bond acceptors (Lipinski definition) is 5. The van der Waals surface area contributed by atoms with Gasteiger partial charge in [-0.3, -0.25) is 0 Å². The number of rotatable bonds is 7. The standard InChI is InChI=1S/C21H24O5/c1-23-13-17(22)21-15(10-9-14-7-5-4-6-8-14)16-11-19(24-2)20(25-3)12-18(16)26-21/h4-12,15,17,21-22H,13H2,1-3H3/b10-9+/t15-,17+,21-/m0/s1. The summed E-state index contributed by atoms with van der Waals surface area (Å²) in [5.41, 5.74) is 2.04. The Morgan fingerprint density at radius 2 is 1.77 bits per heavy atom. The zero-order valence-corrected chi connectivity index (χ0v) is 15.2. The Hall–Kier alpha value is -2.50. The van der Waals surface area contributed by atoms with E-state index in [0.29, 0.717) is 17.2 Å². The Morgan fingerprint density at radius 1 is 1.08 bits per heavy atom. The van der Waals surface area contributed by atoms with Crippen molar-refractivity contribution in [3.8, 4) is 17.2 Å². The molecule has 3 rings (SSSR count). The normalized spacial score (nSPS) is 19.8. The number of fused-ring (bicyclic) bond motifs is 1. The van der Waals surface area contributed by atoms with Gasteiger partial charge in [-0.2, -0.15) is 0 Å². The van der Waals surface area contributed by atoms with Crippen molar-refractivity contribution in [2.24, 2.45) is 0 Å². The molecule has 0 aliphatic carbocycles. The Balaban J connectivity index is 1.98. The summed E-state index contributed by atoms with van der Waals surface area (Å²) in [6, 6.07) is 13.7. The van der Waals surface area contributed by atoms with Crippen molar-refractivity contribution in [3.63, 3.8) is 0 Å². The summed E-state index contributed by atoms with van der Waals surface area (Å²) in [4.78, 5) is 0. The van der Waals surface area contributed by atoms with Crippen LogP contribution in [0.15, 0.2) is 48.5 Å². The fourth-order valence-corrected chi connectivity index (χ4v) is 3.21. The van der Waals surface area contributed by atoms with Crippen molar-refractivity contribution in [1.29, 1.82) is 0 Å². The van der Waals surface area contributed by atoms with Gasteiger partial charge in [-0.1, -0.05) is 42.5 Å². The van der Waals surface area contributed by atoms with Crippen LogP contribution in [0.3, 0.4) is 0 Å². The predicted octanol–water partition coefficient (Wildman–Crippen LogP) is 3.27. The van der Waals surface area contributed by atoms with E-state index in [2.05, 4.69) is 6.08 Å². The van der Waals surface area contributed by atoms with Gasteiger partial charge in [0.15, 0.2) is 11.5 Å². The molecule has 1 aliphatic heterocycles. The lowest BCUT2D eigenvalue weighted by Gasteiger charge is -2.21. The van der Waals surface area contributed by atoms with Crippen LogP contribution >= 0.6 is 0 Å². The lowest BCUT2D eigenvalue weighted by molar-refractivity contribution is -0.0100. The van der Waals surface area contributed by atoms with E-state index < -0.39 is 12.2 Å². The largest absolute Gasteiger partial charge is 0.493 e. The van der Waals surface area contributed by atoms with E-state index in [1.807, 2.05) is 42.5 Å². The SMILES string of the molecule is COC[C@@H](O)[C@H]1Oc2cc(OC)c(OC)cc2[C@@H]1/C=C/c1ccccc1. The van der Waals surface area contributed by atoms with Crippen LogP contribution < -0.4 is 14.2 Å². The second-order valence-electron chi connectivity index (χ2n) is 6.15. The van der Waals surface area contributed by atoms with Gasteiger partial charge in [0.05, 0.1) is 20.8 Å². The molecular formula is C21H24O5. The van der Waals surface area contributed by atoms with E-state index >= 15 is 0 Å². The summed E-state index contributed by atoms with van der Waals surface area (Å²) >= 11 is 0. The van der Waals surface area contributed by atoms with E-state index in [4.69, 9.17) is 18.9 Å². The quantitative estimate of drug-likeness (QED) is 0.825. The van der Waals surface area contributed by atoms with Gasteiger partial charge in [0.2, 0.25) is 0 Å². The highest BCUT2D eigenvalue weighted by Crippen LogP contribution is 2.46. The monoisotopic (exact) mass is 356 g/mol. The first-order valence-electron chi connectivity index (χ1n) is 8.50. The number of ether oxygens (including phenoxy) is 4. The maximum atomic E-state index is 10.5. The summed E-state index contributed by atoms with van der Waals surface area (Å²) < 4.78 is 21.9. The van der Waals surface area contributed by atoms with Gasteiger partial charge >= 0.3 is 0 Å². The van der Waals surface area contributed by atoms with Gasteiger partial charge in [0.1, 0.15) is 18.0 Å². The number of benzene rings is 2. The second-order valence-corrected chi connectivity index (χ2v) is 6.15. The van der Waals surface area contributed by atoms with Crippen LogP contribution in [0, 0.1) is 0 Å². The summed E-state index contributed by atoms with van der Waals surface area (Å²) in [5.74, 6) is 1.79. The summed E-state index contributed by atoms with van der Waals surface area (Å²) in [6.45, 7) is 0.197. The topological polar surface area (TPSA) is 57.2 Å². The van der Waals surface area contributed by atoms with Crippen LogP contribution in [-0.4, -0.2) is 45.3 Å². The first-order chi connectivity index (χ1) is 12.7. The van der Waals surface area contributed by atoms with E-state index in [-0.39, 0.29) is 12.5 Å². The van der Waals surface area contributed by atoms with Crippen molar-refractivity contribution in [2.45, 2.75) is 18.1 Å². The number of methoxy groups -OCH3 is 3. The minimum absolute atomic E-state index is 0.129. The molecule has 26 heavy (non-hydrogen) atoms. The van der Waals surface area contributed by atoms with Crippen LogP contribution in [0.25, 0.3) is 6.08 Å². The zero-order valence-electron chi connectivity index (χ0n) is 15.2. The van der Waals surface area contributed by atoms with Crippen LogP contribution in [0.1, 0.15) is 17.0 Å².